The van der Waals surface area contributed by atoms with E-state index in [-0.39, 0.29) is 0 Å². The van der Waals surface area contributed by atoms with Crippen molar-refractivity contribution in [1.29, 1.82) is 0 Å². The molecule has 0 spiro atoms. The van der Waals surface area contributed by atoms with Gasteiger partial charge in [-0.3, -0.25) is 0 Å². The summed E-state index contributed by atoms with van der Waals surface area (Å²) in [4.78, 5) is 0. The average Bonchev–Trinajstić information content (AvgIpc) is 3.67. The molecule has 0 bridgehead atoms. The van der Waals surface area contributed by atoms with Crippen molar-refractivity contribution >= 4 is 54.4 Å². The van der Waals surface area contributed by atoms with Gasteiger partial charge in [-0.2, -0.15) is 0 Å². The molecule has 0 fully saturated rings. The SMILES string of the molecule is c1ccc(-c2ccc(-n3c4ccccc4c4cc5ccccc5c(-c5ccc6c(c5)c5ccccc5n6-c5ccccc5)c43)cc2)cc1. The number of rotatable bonds is 4. The lowest BCUT2D eigenvalue weighted by Gasteiger charge is -2.15. The summed E-state index contributed by atoms with van der Waals surface area (Å²) in [7, 11) is 0. The highest BCUT2D eigenvalue weighted by Crippen LogP contribution is 2.44. The van der Waals surface area contributed by atoms with E-state index in [1.165, 1.54) is 82.3 Å². The van der Waals surface area contributed by atoms with Crippen LogP contribution in [0.4, 0.5) is 0 Å². The fraction of sp³-hybridized carbons (Fsp3) is 0. The van der Waals surface area contributed by atoms with Crippen LogP contribution in [0, 0.1) is 0 Å². The lowest BCUT2D eigenvalue weighted by Crippen LogP contribution is -1.97. The van der Waals surface area contributed by atoms with Crippen LogP contribution < -0.4 is 0 Å². The third kappa shape index (κ3) is 4.00. The summed E-state index contributed by atoms with van der Waals surface area (Å²) in [5, 5.41) is 7.52. The van der Waals surface area contributed by atoms with E-state index in [1.807, 2.05) is 0 Å². The highest BCUT2D eigenvalue weighted by Gasteiger charge is 2.21. The van der Waals surface area contributed by atoms with Crippen molar-refractivity contribution in [3.8, 4) is 33.6 Å². The van der Waals surface area contributed by atoms with Crippen molar-refractivity contribution in [1.82, 2.24) is 9.13 Å². The van der Waals surface area contributed by atoms with E-state index in [1.54, 1.807) is 0 Å². The van der Waals surface area contributed by atoms with E-state index >= 15 is 0 Å². The third-order valence-electron chi connectivity index (χ3n) is 9.89. The number of aromatic nitrogens is 2. The Labute approximate surface area is 278 Å². The van der Waals surface area contributed by atoms with Crippen LogP contribution in [0.2, 0.25) is 0 Å². The van der Waals surface area contributed by atoms with E-state index in [9.17, 15) is 0 Å². The molecule has 224 valence electrons. The van der Waals surface area contributed by atoms with Gasteiger partial charge < -0.3 is 9.13 Å². The van der Waals surface area contributed by atoms with Crippen LogP contribution in [0.1, 0.15) is 0 Å². The largest absolute Gasteiger partial charge is 0.309 e. The second-order valence-electron chi connectivity index (χ2n) is 12.6. The molecule has 10 rings (SSSR count). The summed E-state index contributed by atoms with van der Waals surface area (Å²) in [5.74, 6) is 0. The molecule has 0 saturated heterocycles. The van der Waals surface area contributed by atoms with Crippen LogP contribution in [0.15, 0.2) is 182 Å². The van der Waals surface area contributed by atoms with Crippen LogP contribution in [-0.4, -0.2) is 9.13 Å². The van der Waals surface area contributed by atoms with Gasteiger partial charge in [0.1, 0.15) is 0 Å². The molecule has 0 aliphatic rings. The van der Waals surface area contributed by atoms with Gasteiger partial charge in [0.15, 0.2) is 0 Å². The summed E-state index contributed by atoms with van der Waals surface area (Å²) in [6.45, 7) is 0. The molecule has 0 atom stereocenters. The number of fused-ring (bicyclic) bond motifs is 7. The van der Waals surface area contributed by atoms with Gasteiger partial charge in [0.25, 0.3) is 0 Å². The zero-order valence-corrected chi connectivity index (χ0v) is 26.2. The van der Waals surface area contributed by atoms with Crippen LogP contribution >= 0.6 is 0 Å². The van der Waals surface area contributed by atoms with Crippen LogP contribution in [0.5, 0.6) is 0 Å². The maximum absolute atomic E-state index is 2.47. The molecule has 2 nitrogen and oxygen atoms in total. The van der Waals surface area contributed by atoms with Crippen molar-refractivity contribution < 1.29 is 0 Å². The van der Waals surface area contributed by atoms with Crippen LogP contribution in [0.3, 0.4) is 0 Å². The lowest BCUT2D eigenvalue weighted by atomic mass is 9.93. The number of hydrogen-bond acceptors (Lipinski definition) is 0. The summed E-state index contributed by atoms with van der Waals surface area (Å²) < 4.78 is 4.86. The molecule has 10 aromatic rings. The highest BCUT2D eigenvalue weighted by atomic mass is 15.0. The first-order valence-electron chi connectivity index (χ1n) is 16.5. The van der Waals surface area contributed by atoms with E-state index < -0.39 is 0 Å². The first-order chi connectivity index (χ1) is 23.8. The van der Waals surface area contributed by atoms with E-state index in [4.69, 9.17) is 0 Å². The molecule has 0 saturated carbocycles. The van der Waals surface area contributed by atoms with E-state index in [0.717, 1.165) is 5.69 Å². The Balaban J connectivity index is 1.30. The molecule has 2 heterocycles. The van der Waals surface area contributed by atoms with Gasteiger partial charge in [-0.1, -0.05) is 127 Å². The van der Waals surface area contributed by atoms with Gasteiger partial charge in [0, 0.05) is 38.5 Å². The third-order valence-corrected chi connectivity index (χ3v) is 9.89. The fourth-order valence-corrected chi connectivity index (χ4v) is 7.77. The van der Waals surface area contributed by atoms with Gasteiger partial charge in [0.05, 0.1) is 22.1 Å². The summed E-state index contributed by atoms with van der Waals surface area (Å²) in [6.07, 6.45) is 0. The zero-order valence-electron chi connectivity index (χ0n) is 26.2. The van der Waals surface area contributed by atoms with Gasteiger partial charge in [-0.15, -0.1) is 0 Å². The first-order valence-corrected chi connectivity index (χ1v) is 16.5. The van der Waals surface area contributed by atoms with E-state index in [0.29, 0.717) is 0 Å². The van der Waals surface area contributed by atoms with Gasteiger partial charge in [-0.05, 0) is 82.1 Å². The molecular formula is C46H30N2. The average molecular weight is 611 g/mol. The molecular weight excluding hydrogens is 581 g/mol. The molecule has 0 N–H and O–H groups in total. The van der Waals surface area contributed by atoms with Crippen LogP contribution in [0.25, 0.3) is 88.0 Å². The monoisotopic (exact) mass is 610 g/mol. The van der Waals surface area contributed by atoms with Gasteiger partial charge in [0.2, 0.25) is 0 Å². The summed E-state index contributed by atoms with van der Waals surface area (Å²) >= 11 is 0. The Kier molecular flexibility index (Phi) is 5.91. The predicted octanol–water partition coefficient (Wildman–Crippen LogP) is 12.4. The summed E-state index contributed by atoms with van der Waals surface area (Å²) in [6, 6.07) is 66.2. The minimum atomic E-state index is 1.15. The topological polar surface area (TPSA) is 9.86 Å². The quantitative estimate of drug-likeness (QED) is 0.188. The predicted molar refractivity (Wildman–Crippen MR) is 203 cm³/mol. The standard InChI is InChI=1S/C46H30N2/c1-3-13-31(14-4-1)32-23-26-36(27-24-32)48-43-22-12-10-20-39(43)41-29-33-15-7-8-18-37(33)45(46(41)48)34-25-28-44-40(30-34)38-19-9-11-21-42(38)47(44)35-16-5-2-6-17-35/h1-30H. The van der Waals surface area contributed by atoms with Crippen molar-refractivity contribution in [2.75, 3.05) is 0 Å². The van der Waals surface area contributed by atoms with E-state index in [2.05, 4.69) is 191 Å². The minimum Gasteiger partial charge on any atom is -0.309 e. The molecule has 8 aromatic carbocycles. The van der Waals surface area contributed by atoms with Crippen molar-refractivity contribution in [3.05, 3.63) is 182 Å². The second-order valence-corrected chi connectivity index (χ2v) is 12.6. The Morgan fingerprint density at radius 1 is 0.292 bits per heavy atom. The molecule has 0 aliphatic carbocycles. The number of nitrogens with zero attached hydrogens (tertiary/aromatic N) is 2. The Morgan fingerprint density at radius 3 is 1.56 bits per heavy atom. The molecule has 0 aliphatic heterocycles. The van der Waals surface area contributed by atoms with Crippen molar-refractivity contribution in [3.63, 3.8) is 0 Å². The fourth-order valence-electron chi connectivity index (χ4n) is 7.77. The smallest absolute Gasteiger partial charge is 0.0625 e. The highest BCUT2D eigenvalue weighted by molar-refractivity contribution is 6.22. The maximum atomic E-state index is 2.47. The molecule has 0 amide bonds. The second kappa shape index (κ2) is 10.6. The Bertz CT molecular complexity index is 2800. The molecule has 0 unspecified atom stereocenters. The molecule has 2 aromatic heterocycles. The normalized spacial score (nSPS) is 11.8. The lowest BCUT2D eigenvalue weighted by molar-refractivity contribution is 1.18. The number of hydrogen-bond donors (Lipinski definition) is 0. The van der Waals surface area contributed by atoms with Crippen molar-refractivity contribution in [2.45, 2.75) is 0 Å². The Hall–Kier alpha value is -6.38. The number of benzene rings is 8. The van der Waals surface area contributed by atoms with Crippen LogP contribution in [-0.2, 0) is 0 Å². The van der Waals surface area contributed by atoms with Crippen molar-refractivity contribution in [2.24, 2.45) is 0 Å². The summed E-state index contributed by atoms with van der Waals surface area (Å²) in [5.41, 5.74) is 12.1. The number of para-hydroxylation sites is 3. The van der Waals surface area contributed by atoms with Gasteiger partial charge in [-0.25, -0.2) is 0 Å². The molecule has 0 radical (unpaired) electrons. The first kappa shape index (κ1) is 26.8. The molecule has 2 heteroatoms. The Morgan fingerprint density at radius 2 is 0.812 bits per heavy atom. The minimum absolute atomic E-state index is 1.15. The molecule has 48 heavy (non-hydrogen) atoms. The zero-order chi connectivity index (χ0) is 31.6. The van der Waals surface area contributed by atoms with Gasteiger partial charge >= 0.3 is 0 Å². The maximum Gasteiger partial charge on any atom is 0.0625 e.